The summed E-state index contributed by atoms with van der Waals surface area (Å²) in [4.78, 5) is 0. The maximum atomic E-state index is 2.48. The van der Waals surface area contributed by atoms with Gasteiger partial charge in [-0.15, -0.1) is 0 Å². The van der Waals surface area contributed by atoms with Crippen molar-refractivity contribution >= 4 is 0 Å². The summed E-state index contributed by atoms with van der Waals surface area (Å²) in [6.07, 6.45) is 11.5. The topological polar surface area (TPSA) is 0 Å². The first kappa shape index (κ1) is 5.17. The molecule has 0 saturated heterocycles. The molecule has 1 fully saturated rings. The second-order valence-corrected chi connectivity index (χ2v) is 3.89. The van der Waals surface area contributed by atoms with Crippen molar-refractivity contribution < 1.29 is 0 Å². The monoisotopic (exact) mass is 132 g/mol. The Morgan fingerprint density at radius 3 is 3.00 bits per heavy atom. The minimum Gasteiger partial charge on any atom is -0.0850 e. The van der Waals surface area contributed by atoms with Crippen LogP contribution in [-0.4, -0.2) is 0 Å². The highest BCUT2D eigenvalue weighted by atomic mass is 14.4. The van der Waals surface area contributed by atoms with Crippen molar-refractivity contribution in [3.05, 3.63) is 23.8 Å². The van der Waals surface area contributed by atoms with Gasteiger partial charge in [-0.05, 0) is 37.0 Å². The minimum absolute atomic E-state index is 0.951. The van der Waals surface area contributed by atoms with Gasteiger partial charge in [0.1, 0.15) is 0 Å². The Labute approximate surface area is 61.6 Å². The van der Waals surface area contributed by atoms with Gasteiger partial charge in [0.05, 0.1) is 0 Å². The molecule has 3 aliphatic carbocycles. The standard InChI is InChI=1S/C10H12/c1-2-8-5-7(1)6-9-3-4-10(8)9/h1,3-4,8-10H,2,5-6H2. The van der Waals surface area contributed by atoms with Gasteiger partial charge in [-0.2, -0.15) is 0 Å². The van der Waals surface area contributed by atoms with Gasteiger partial charge in [0.15, 0.2) is 0 Å². The van der Waals surface area contributed by atoms with E-state index in [0.29, 0.717) is 0 Å². The van der Waals surface area contributed by atoms with E-state index in [1.165, 1.54) is 19.3 Å². The summed E-state index contributed by atoms with van der Waals surface area (Å²) in [6, 6.07) is 0. The van der Waals surface area contributed by atoms with Gasteiger partial charge in [-0.1, -0.05) is 23.8 Å². The molecular weight excluding hydrogens is 120 g/mol. The average Bonchev–Trinajstić information content (AvgIpc) is 2.25. The van der Waals surface area contributed by atoms with Crippen molar-refractivity contribution in [3.63, 3.8) is 0 Å². The zero-order chi connectivity index (χ0) is 6.55. The van der Waals surface area contributed by atoms with Crippen LogP contribution in [0.15, 0.2) is 23.8 Å². The fraction of sp³-hybridized carbons (Fsp3) is 0.600. The maximum absolute atomic E-state index is 2.48. The molecule has 2 bridgehead atoms. The van der Waals surface area contributed by atoms with Crippen LogP contribution in [-0.2, 0) is 0 Å². The van der Waals surface area contributed by atoms with Crippen molar-refractivity contribution in [2.24, 2.45) is 17.8 Å². The summed E-state index contributed by atoms with van der Waals surface area (Å²) in [7, 11) is 0. The Balaban J connectivity index is 1.99. The first-order valence-electron chi connectivity index (χ1n) is 4.30. The number of rotatable bonds is 0. The van der Waals surface area contributed by atoms with Crippen LogP contribution in [0.1, 0.15) is 19.3 Å². The molecule has 0 radical (unpaired) electrons. The molecule has 3 aliphatic rings. The summed E-state index contributed by atoms with van der Waals surface area (Å²) in [5.41, 5.74) is 1.75. The quantitative estimate of drug-likeness (QED) is 0.444. The van der Waals surface area contributed by atoms with Crippen molar-refractivity contribution in [2.75, 3.05) is 0 Å². The predicted molar refractivity (Wildman–Crippen MR) is 41.5 cm³/mol. The normalized spacial score (nSPS) is 48.0. The van der Waals surface area contributed by atoms with Crippen molar-refractivity contribution in [2.45, 2.75) is 19.3 Å². The lowest BCUT2D eigenvalue weighted by atomic mass is 9.67. The lowest BCUT2D eigenvalue weighted by molar-refractivity contribution is 0.265. The molecule has 52 valence electrons. The Hall–Kier alpha value is -0.520. The van der Waals surface area contributed by atoms with E-state index in [0.717, 1.165) is 17.8 Å². The van der Waals surface area contributed by atoms with Crippen molar-refractivity contribution in [1.29, 1.82) is 0 Å². The SMILES string of the molecule is C1=CC2C1CC1=CCC2C1. The molecule has 0 aromatic carbocycles. The molecule has 3 rings (SSSR count). The van der Waals surface area contributed by atoms with Crippen molar-refractivity contribution in [3.8, 4) is 0 Å². The van der Waals surface area contributed by atoms with Gasteiger partial charge < -0.3 is 0 Å². The molecular formula is C10H12. The molecule has 0 heteroatoms. The fourth-order valence-corrected chi connectivity index (χ4v) is 2.69. The van der Waals surface area contributed by atoms with Crippen LogP contribution in [0.3, 0.4) is 0 Å². The Morgan fingerprint density at radius 2 is 2.20 bits per heavy atom. The number of hydrogen-bond acceptors (Lipinski definition) is 0. The molecule has 10 heavy (non-hydrogen) atoms. The second-order valence-electron chi connectivity index (χ2n) is 3.89. The zero-order valence-corrected chi connectivity index (χ0v) is 6.09. The van der Waals surface area contributed by atoms with E-state index < -0.39 is 0 Å². The maximum Gasteiger partial charge on any atom is -0.0130 e. The summed E-state index contributed by atoms with van der Waals surface area (Å²) < 4.78 is 0. The Morgan fingerprint density at radius 1 is 1.20 bits per heavy atom. The molecule has 0 aromatic heterocycles. The molecule has 0 heterocycles. The third-order valence-corrected chi connectivity index (χ3v) is 3.35. The third kappa shape index (κ3) is 0.484. The summed E-state index contributed by atoms with van der Waals surface area (Å²) in [6.45, 7) is 0. The van der Waals surface area contributed by atoms with E-state index in [1.54, 1.807) is 5.57 Å². The van der Waals surface area contributed by atoms with E-state index in [1.807, 2.05) is 0 Å². The Bertz CT molecular complexity index is 222. The predicted octanol–water partition coefficient (Wildman–Crippen LogP) is 2.53. The van der Waals surface area contributed by atoms with Gasteiger partial charge in [0.25, 0.3) is 0 Å². The molecule has 0 spiro atoms. The summed E-state index contributed by atoms with van der Waals surface area (Å²) >= 11 is 0. The van der Waals surface area contributed by atoms with E-state index in [2.05, 4.69) is 18.2 Å². The number of allylic oxidation sites excluding steroid dienone is 4. The van der Waals surface area contributed by atoms with Crippen LogP contribution in [0.2, 0.25) is 0 Å². The highest BCUT2D eigenvalue weighted by Gasteiger charge is 2.38. The molecule has 0 N–H and O–H groups in total. The van der Waals surface area contributed by atoms with E-state index in [4.69, 9.17) is 0 Å². The zero-order valence-electron chi connectivity index (χ0n) is 6.09. The lowest BCUT2D eigenvalue weighted by Crippen LogP contribution is -2.29. The van der Waals surface area contributed by atoms with Crippen molar-refractivity contribution in [1.82, 2.24) is 0 Å². The molecule has 0 aromatic rings. The molecule has 3 unspecified atom stereocenters. The van der Waals surface area contributed by atoms with Gasteiger partial charge in [-0.25, -0.2) is 0 Å². The van der Waals surface area contributed by atoms with Crippen LogP contribution in [0.5, 0.6) is 0 Å². The molecule has 3 atom stereocenters. The first-order chi connectivity index (χ1) is 4.93. The van der Waals surface area contributed by atoms with Crippen LogP contribution >= 0.6 is 0 Å². The van der Waals surface area contributed by atoms with Gasteiger partial charge >= 0.3 is 0 Å². The molecule has 0 aliphatic heterocycles. The summed E-state index contributed by atoms with van der Waals surface area (Å²) in [5, 5.41) is 0. The molecule has 0 nitrogen and oxygen atoms in total. The Kier molecular flexibility index (Phi) is 0.803. The van der Waals surface area contributed by atoms with Crippen LogP contribution in [0, 0.1) is 17.8 Å². The first-order valence-corrected chi connectivity index (χ1v) is 4.30. The lowest BCUT2D eigenvalue weighted by Gasteiger charge is -2.38. The number of hydrogen-bond donors (Lipinski definition) is 0. The summed E-state index contributed by atoms with van der Waals surface area (Å²) in [5.74, 6) is 2.94. The van der Waals surface area contributed by atoms with Crippen LogP contribution < -0.4 is 0 Å². The smallest absolute Gasteiger partial charge is 0.0130 e. The highest BCUT2D eigenvalue weighted by Crippen LogP contribution is 2.49. The number of fused-ring (bicyclic) bond motifs is 4. The fourth-order valence-electron chi connectivity index (χ4n) is 2.69. The van der Waals surface area contributed by atoms with Crippen LogP contribution in [0.25, 0.3) is 0 Å². The van der Waals surface area contributed by atoms with Gasteiger partial charge in [0.2, 0.25) is 0 Å². The molecule has 0 amide bonds. The third-order valence-electron chi connectivity index (χ3n) is 3.35. The minimum atomic E-state index is 0.951. The van der Waals surface area contributed by atoms with Gasteiger partial charge in [-0.3, -0.25) is 0 Å². The van der Waals surface area contributed by atoms with E-state index in [-0.39, 0.29) is 0 Å². The second kappa shape index (κ2) is 1.55. The van der Waals surface area contributed by atoms with E-state index in [9.17, 15) is 0 Å². The van der Waals surface area contributed by atoms with Crippen LogP contribution in [0.4, 0.5) is 0 Å². The average molecular weight is 132 g/mol. The van der Waals surface area contributed by atoms with E-state index >= 15 is 0 Å². The van der Waals surface area contributed by atoms with Gasteiger partial charge in [0, 0.05) is 0 Å². The highest BCUT2D eigenvalue weighted by molar-refractivity contribution is 5.26. The molecule has 1 saturated carbocycles. The largest absolute Gasteiger partial charge is 0.0850 e.